The maximum atomic E-state index is 11.5. The van der Waals surface area contributed by atoms with Crippen LogP contribution in [-0.4, -0.2) is 41.5 Å². The first kappa shape index (κ1) is 15.8. The number of aliphatic carboxylic acids is 1. The van der Waals surface area contributed by atoms with Gasteiger partial charge in [0, 0.05) is 13.0 Å². The minimum Gasteiger partial charge on any atom is -0.490 e. The average Bonchev–Trinajstić information content (AvgIpc) is 2.49. The smallest absolute Gasteiger partial charge is 0.324 e. The van der Waals surface area contributed by atoms with Crippen LogP contribution >= 0.6 is 0 Å². The van der Waals surface area contributed by atoms with Crippen LogP contribution in [0.3, 0.4) is 0 Å². The molecule has 1 aliphatic carbocycles. The van der Waals surface area contributed by atoms with Crippen LogP contribution < -0.4 is 10.1 Å². The van der Waals surface area contributed by atoms with Crippen molar-refractivity contribution < 1.29 is 19.7 Å². The predicted octanol–water partition coefficient (Wildman–Crippen LogP) is 1.59. The van der Waals surface area contributed by atoms with Gasteiger partial charge in [-0.3, -0.25) is 4.79 Å². The first-order chi connectivity index (χ1) is 10.1. The van der Waals surface area contributed by atoms with Crippen LogP contribution in [0.5, 0.6) is 5.75 Å². The van der Waals surface area contributed by atoms with E-state index in [2.05, 4.69) is 5.32 Å². The molecule has 5 heteroatoms. The zero-order valence-corrected chi connectivity index (χ0v) is 12.3. The van der Waals surface area contributed by atoms with E-state index in [9.17, 15) is 9.90 Å². The molecule has 0 radical (unpaired) electrons. The molecule has 0 aliphatic heterocycles. The van der Waals surface area contributed by atoms with E-state index in [-0.39, 0.29) is 12.7 Å². The first-order valence-electron chi connectivity index (χ1n) is 7.38. The van der Waals surface area contributed by atoms with Gasteiger partial charge in [-0.05, 0) is 50.4 Å². The highest BCUT2D eigenvalue weighted by molar-refractivity contribution is 5.79. The van der Waals surface area contributed by atoms with Gasteiger partial charge in [0.1, 0.15) is 17.4 Å². The SMILES string of the molecule is CNC1(C(=O)O)CCCC(Oc2ccc(CCO)cc2)C1. The van der Waals surface area contributed by atoms with Crippen LogP contribution in [-0.2, 0) is 11.2 Å². The van der Waals surface area contributed by atoms with Gasteiger partial charge in [0.2, 0.25) is 0 Å². The van der Waals surface area contributed by atoms with Gasteiger partial charge in [-0.2, -0.15) is 0 Å². The number of nitrogens with one attached hydrogen (secondary N) is 1. The fourth-order valence-electron chi connectivity index (χ4n) is 2.91. The summed E-state index contributed by atoms with van der Waals surface area (Å²) in [5.74, 6) is -0.0597. The lowest BCUT2D eigenvalue weighted by Gasteiger charge is -2.37. The molecule has 5 nitrogen and oxygen atoms in total. The van der Waals surface area contributed by atoms with Gasteiger partial charge < -0.3 is 20.3 Å². The third kappa shape index (κ3) is 3.74. The molecule has 2 atom stereocenters. The van der Waals surface area contributed by atoms with E-state index in [0.717, 1.165) is 24.2 Å². The lowest BCUT2D eigenvalue weighted by molar-refractivity contribution is -0.147. The van der Waals surface area contributed by atoms with Crippen molar-refractivity contribution in [2.45, 2.75) is 43.7 Å². The molecule has 1 fully saturated rings. The highest BCUT2D eigenvalue weighted by Crippen LogP contribution is 2.31. The molecule has 0 spiro atoms. The second-order valence-corrected chi connectivity index (χ2v) is 5.59. The number of hydrogen-bond acceptors (Lipinski definition) is 4. The summed E-state index contributed by atoms with van der Waals surface area (Å²) in [5, 5.41) is 21.3. The Morgan fingerprint density at radius 2 is 2.14 bits per heavy atom. The Labute approximate surface area is 124 Å². The van der Waals surface area contributed by atoms with Crippen LogP contribution in [0.25, 0.3) is 0 Å². The van der Waals surface area contributed by atoms with Crippen LogP contribution in [0.4, 0.5) is 0 Å². The molecule has 2 rings (SSSR count). The number of aliphatic hydroxyl groups excluding tert-OH is 1. The van der Waals surface area contributed by atoms with Crippen LogP contribution in [0.15, 0.2) is 24.3 Å². The Hall–Kier alpha value is -1.59. The van der Waals surface area contributed by atoms with Gasteiger partial charge in [0.15, 0.2) is 0 Å². The Morgan fingerprint density at radius 3 is 2.71 bits per heavy atom. The number of rotatable bonds is 6. The van der Waals surface area contributed by atoms with Crippen molar-refractivity contribution in [3.63, 3.8) is 0 Å². The molecule has 2 unspecified atom stereocenters. The minimum atomic E-state index is -0.875. The molecule has 0 bridgehead atoms. The summed E-state index contributed by atoms with van der Waals surface area (Å²) < 4.78 is 5.93. The largest absolute Gasteiger partial charge is 0.490 e. The van der Waals surface area contributed by atoms with E-state index in [1.54, 1.807) is 7.05 Å². The fourth-order valence-corrected chi connectivity index (χ4v) is 2.91. The molecule has 116 valence electrons. The third-order valence-corrected chi connectivity index (χ3v) is 4.22. The predicted molar refractivity (Wildman–Crippen MR) is 79.5 cm³/mol. The van der Waals surface area contributed by atoms with Gasteiger partial charge in [-0.1, -0.05) is 12.1 Å². The third-order valence-electron chi connectivity index (χ3n) is 4.22. The van der Waals surface area contributed by atoms with E-state index < -0.39 is 11.5 Å². The molecular formula is C16H23NO4. The highest BCUT2D eigenvalue weighted by atomic mass is 16.5. The number of benzene rings is 1. The molecule has 3 N–H and O–H groups in total. The molecule has 21 heavy (non-hydrogen) atoms. The lowest BCUT2D eigenvalue weighted by Crippen LogP contribution is -2.55. The molecule has 0 amide bonds. The molecular weight excluding hydrogens is 270 g/mol. The van der Waals surface area contributed by atoms with Crippen molar-refractivity contribution in [3.8, 4) is 5.75 Å². The zero-order chi connectivity index (χ0) is 15.3. The minimum absolute atomic E-state index is 0.0917. The van der Waals surface area contributed by atoms with Gasteiger partial charge in [-0.25, -0.2) is 0 Å². The molecule has 0 saturated heterocycles. The first-order valence-corrected chi connectivity index (χ1v) is 7.38. The van der Waals surface area contributed by atoms with Crippen LogP contribution in [0.1, 0.15) is 31.2 Å². The van der Waals surface area contributed by atoms with Gasteiger partial charge in [-0.15, -0.1) is 0 Å². The Balaban J connectivity index is 2.00. The van der Waals surface area contributed by atoms with Gasteiger partial charge in [0.25, 0.3) is 0 Å². The fraction of sp³-hybridized carbons (Fsp3) is 0.562. The Morgan fingerprint density at radius 1 is 1.43 bits per heavy atom. The van der Waals surface area contributed by atoms with E-state index >= 15 is 0 Å². The number of likely N-dealkylation sites (N-methyl/N-ethyl adjacent to an activating group) is 1. The second kappa shape index (κ2) is 6.91. The van der Waals surface area contributed by atoms with Gasteiger partial charge >= 0.3 is 5.97 Å². The monoisotopic (exact) mass is 293 g/mol. The molecule has 1 aliphatic rings. The summed E-state index contributed by atoms with van der Waals surface area (Å²) in [6.07, 6.45) is 3.35. The van der Waals surface area contributed by atoms with Crippen molar-refractivity contribution >= 4 is 5.97 Å². The van der Waals surface area contributed by atoms with Crippen molar-refractivity contribution in [3.05, 3.63) is 29.8 Å². The molecule has 0 heterocycles. The van der Waals surface area contributed by atoms with Crippen molar-refractivity contribution in [1.82, 2.24) is 5.32 Å². The quantitative estimate of drug-likeness (QED) is 0.742. The van der Waals surface area contributed by atoms with Crippen molar-refractivity contribution in [1.29, 1.82) is 0 Å². The van der Waals surface area contributed by atoms with E-state index in [4.69, 9.17) is 9.84 Å². The number of aliphatic hydroxyl groups is 1. The molecule has 1 aromatic carbocycles. The van der Waals surface area contributed by atoms with Gasteiger partial charge in [0.05, 0.1) is 0 Å². The van der Waals surface area contributed by atoms with E-state index in [1.807, 2.05) is 24.3 Å². The summed E-state index contributed by atoms with van der Waals surface area (Å²) in [6, 6.07) is 7.61. The Kier molecular flexibility index (Phi) is 5.20. The number of hydrogen-bond donors (Lipinski definition) is 3. The van der Waals surface area contributed by atoms with Crippen LogP contribution in [0, 0.1) is 0 Å². The van der Waals surface area contributed by atoms with E-state index in [0.29, 0.717) is 19.3 Å². The summed E-state index contributed by atoms with van der Waals surface area (Å²) in [4.78, 5) is 11.5. The normalized spacial score (nSPS) is 25.5. The molecule has 1 aromatic rings. The summed E-state index contributed by atoms with van der Waals surface area (Å²) in [7, 11) is 1.69. The summed E-state index contributed by atoms with van der Waals surface area (Å²) in [6.45, 7) is 0.131. The summed E-state index contributed by atoms with van der Waals surface area (Å²) >= 11 is 0. The summed E-state index contributed by atoms with van der Waals surface area (Å²) in [5.41, 5.74) is 0.184. The van der Waals surface area contributed by atoms with Crippen LogP contribution in [0.2, 0.25) is 0 Å². The molecule has 0 aromatic heterocycles. The molecule has 1 saturated carbocycles. The number of carboxylic acid groups (broad SMARTS) is 1. The second-order valence-electron chi connectivity index (χ2n) is 5.59. The van der Waals surface area contributed by atoms with Crippen molar-refractivity contribution in [2.75, 3.05) is 13.7 Å². The van der Waals surface area contributed by atoms with E-state index in [1.165, 1.54) is 0 Å². The lowest BCUT2D eigenvalue weighted by atomic mass is 9.80. The maximum absolute atomic E-state index is 11.5. The number of ether oxygens (including phenoxy) is 1. The average molecular weight is 293 g/mol. The van der Waals surface area contributed by atoms with Crippen molar-refractivity contribution in [2.24, 2.45) is 0 Å². The standard InChI is InChI=1S/C16H23NO4/c1-17-16(15(19)20)9-2-3-14(11-16)21-13-6-4-12(5-7-13)8-10-18/h4-7,14,17-18H,2-3,8-11H2,1H3,(H,19,20). The number of carboxylic acids is 1. The maximum Gasteiger partial charge on any atom is 0.324 e. The number of carbonyl (C=O) groups is 1. The zero-order valence-electron chi connectivity index (χ0n) is 12.3. The highest BCUT2D eigenvalue weighted by Gasteiger charge is 2.42. The Bertz CT molecular complexity index is 474. The topological polar surface area (TPSA) is 78.8 Å².